The van der Waals surface area contributed by atoms with Crippen molar-refractivity contribution in [3.63, 3.8) is 0 Å². The Balaban J connectivity index is 1.69. The third-order valence-electron chi connectivity index (χ3n) is 5.67. The van der Waals surface area contributed by atoms with Crippen molar-refractivity contribution in [1.29, 1.82) is 0 Å². The number of hydrogen-bond donors (Lipinski definition) is 0. The fourth-order valence-corrected chi connectivity index (χ4v) is 3.65. The number of carbonyl (C=O) groups is 1. The first-order chi connectivity index (χ1) is 18.7. The van der Waals surface area contributed by atoms with Gasteiger partial charge in [0.05, 0.1) is 26.4 Å². The number of carbonyl (C=O) groups excluding carboxylic acids is 1. The van der Waals surface area contributed by atoms with Crippen molar-refractivity contribution >= 4 is 12.0 Å². The summed E-state index contributed by atoms with van der Waals surface area (Å²) in [4.78, 5) is 12.5. The zero-order chi connectivity index (χ0) is 28.3. The highest BCUT2D eigenvalue weighted by Crippen LogP contribution is 2.31. The maximum atomic E-state index is 12.8. The Morgan fingerprint density at radius 1 is 0.923 bits per heavy atom. The number of para-hydroxylation sites is 2. The first-order valence-electron chi connectivity index (χ1n) is 12.3. The highest BCUT2D eigenvalue weighted by atomic mass is 19.4. The van der Waals surface area contributed by atoms with Crippen LogP contribution >= 0.6 is 0 Å². The van der Waals surface area contributed by atoms with E-state index < -0.39 is 23.8 Å². The number of methoxy groups -OCH3 is 2. The van der Waals surface area contributed by atoms with E-state index in [1.807, 2.05) is 12.2 Å². The molecule has 0 radical (unpaired) electrons. The molecule has 0 heterocycles. The number of rotatable bonds is 13. The Morgan fingerprint density at radius 2 is 1.64 bits per heavy atom. The van der Waals surface area contributed by atoms with Gasteiger partial charge in [-0.2, -0.15) is 13.2 Å². The first kappa shape index (κ1) is 29.4. The van der Waals surface area contributed by atoms with Gasteiger partial charge in [-0.25, -0.2) is 4.79 Å². The van der Waals surface area contributed by atoms with Crippen LogP contribution in [0.25, 0.3) is 6.08 Å². The maximum Gasteiger partial charge on any atom is 0.416 e. The minimum atomic E-state index is -4.39. The summed E-state index contributed by atoms with van der Waals surface area (Å²) in [6.45, 7) is 2.04. The highest BCUT2D eigenvalue weighted by molar-refractivity contribution is 5.75. The molecule has 0 bridgehead atoms. The predicted octanol–water partition coefficient (Wildman–Crippen LogP) is 7.11. The Kier molecular flexibility index (Phi) is 10.7. The van der Waals surface area contributed by atoms with Gasteiger partial charge in [-0.3, -0.25) is 0 Å². The van der Waals surface area contributed by atoms with Crippen LogP contribution in [0, 0.1) is 0 Å². The quantitative estimate of drug-likeness (QED) is 0.214. The summed E-state index contributed by atoms with van der Waals surface area (Å²) in [7, 11) is 3.07. The molecule has 9 heteroatoms. The lowest BCUT2D eigenvalue weighted by molar-refractivity contribution is -0.151. The summed E-state index contributed by atoms with van der Waals surface area (Å²) >= 11 is 0. The van der Waals surface area contributed by atoms with E-state index in [0.29, 0.717) is 47.0 Å². The van der Waals surface area contributed by atoms with Crippen LogP contribution in [-0.2, 0) is 22.3 Å². The number of allylic oxidation sites excluding steroid dienone is 1. The van der Waals surface area contributed by atoms with Crippen LogP contribution in [0.3, 0.4) is 0 Å². The second-order valence-electron chi connectivity index (χ2n) is 8.38. The van der Waals surface area contributed by atoms with Gasteiger partial charge in [0.1, 0.15) is 18.1 Å². The Morgan fingerprint density at radius 3 is 2.28 bits per heavy atom. The molecule has 3 aromatic rings. The molecule has 0 aliphatic carbocycles. The normalized spacial score (nSPS) is 12.2. The molecule has 1 unspecified atom stereocenters. The summed E-state index contributed by atoms with van der Waals surface area (Å²) in [6.07, 6.45) is -0.704. The molecule has 0 aliphatic heterocycles. The molecule has 0 saturated heterocycles. The van der Waals surface area contributed by atoms with Gasteiger partial charge >= 0.3 is 12.1 Å². The minimum Gasteiger partial charge on any atom is -0.497 e. The third kappa shape index (κ3) is 8.70. The fraction of sp³-hybridized carbons (Fsp3) is 0.300. The average molecular weight is 545 g/mol. The van der Waals surface area contributed by atoms with Crippen molar-refractivity contribution in [2.24, 2.45) is 0 Å². The van der Waals surface area contributed by atoms with Crippen LogP contribution in [0.4, 0.5) is 13.2 Å². The van der Waals surface area contributed by atoms with E-state index in [2.05, 4.69) is 0 Å². The summed E-state index contributed by atoms with van der Waals surface area (Å²) in [6, 6.07) is 17.1. The summed E-state index contributed by atoms with van der Waals surface area (Å²) in [5.74, 6) is 1.61. The van der Waals surface area contributed by atoms with E-state index in [4.69, 9.17) is 23.7 Å². The highest BCUT2D eigenvalue weighted by Gasteiger charge is 2.30. The average Bonchev–Trinajstić information content (AvgIpc) is 2.93. The molecule has 39 heavy (non-hydrogen) atoms. The Bertz CT molecular complexity index is 1240. The molecule has 0 fully saturated rings. The molecule has 208 valence electrons. The van der Waals surface area contributed by atoms with Gasteiger partial charge in [-0.05, 0) is 67.8 Å². The molecule has 3 aromatic carbocycles. The van der Waals surface area contributed by atoms with Crippen molar-refractivity contribution in [3.05, 3.63) is 89.5 Å². The standard InChI is InChI=1S/C30H31F3O6/c1-4-37-29(34)28(39-27-11-8-7-10-26(27)36-3)12-6-5-9-22-19-24(35-2)17-18-25(22)38-20-21-13-15-23(16-14-21)30(31,32)33/h5,7-11,13-19,28H,4,6,12,20H2,1-3H3/b9-5+. The number of alkyl halides is 3. The molecular weight excluding hydrogens is 513 g/mol. The van der Waals surface area contributed by atoms with Gasteiger partial charge in [0.15, 0.2) is 17.6 Å². The maximum absolute atomic E-state index is 12.8. The Hall–Kier alpha value is -4.14. The topological polar surface area (TPSA) is 63.2 Å². The van der Waals surface area contributed by atoms with Gasteiger partial charge in [0.2, 0.25) is 0 Å². The van der Waals surface area contributed by atoms with E-state index in [0.717, 1.165) is 12.1 Å². The van der Waals surface area contributed by atoms with E-state index in [-0.39, 0.29) is 13.2 Å². The molecule has 3 rings (SSSR count). The van der Waals surface area contributed by atoms with Crippen molar-refractivity contribution in [1.82, 2.24) is 0 Å². The first-order valence-corrected chi connectivity index (χ1v) is 12.3. The van der Waals surface area contributed by atoms with Crippen molar-refractivity contribution < 1.29 is 41.7 Å². The molecule has 0 aliphatic rings. The van der Waals surface area contributed by atoms with Crippen molar-refractivity contribution in [2.45, 2.75) is 38.7 Å². The van der Waals surface area contributed by atoms with Crippen molar-refractivity contribution in [3.8, 4) is 23.0 Å². The SMILES string of the molecule is CCOC(=O)C(CC/C=C/c1cc(OC)ccc1OCc1ccc(C(F)(F)F)cc1)Oc1ccccc1OC. The van der Waals surface area contributed by atoms with E-state index in [9.17, 15) is 18.0 Å². The van der Waals surface area contributed by atoms with Crippen LogP contribution in [0.2, 0.25) is 0 Å². The number of ether oxygens (including phenoxy) is 5. The molecular formula is C30H31F3O6. The van der Waals surface area contributed by atoms with Gasteiger partial charge in [-0.15, -0.1) is 0 Å². The number of benzene rings is 3. The molecule has 0 N–H and O–H groups in total. The zero-order valence-electron chi connectivity index (χ0n) is 22.0. The van der Waals surface area contributed by atoms with Crippen LogP contribution in [0.5, 0.6) is 23.0 Å². The lowest BCUT2D eigenvalue weighted by Gasteiger charge is -2.18. The molecule has 6 nitrogen and oxygen atoms in total. The van der Waals surface area contributed by atoms with E-state index in [1.165, 1.54) is 19.2 Å². The number of halogens is 3. The molecule has 1 atom stereocenters. The molecule has 0 aromatic heterocycles. The van der Waals surface area contributed by atoms with E-state index in [1.54, 1.807) is 56.5 Å². The molecule has 0 amide bonds. The Labute approximate surface area is 225 Å². The third-order valence-corrected chi connectivity index (χ3v) is 5.67. The monoisotopic (exact) mass is 544 g/mol. The second kappa shape index (κ2) is 14.1. The zero-order valence-corrected chi connectivity index (χ0v) is 22.0. The van der Waals surface area contributed by atoms with Crippen LogP contribution in [0.1, 0.15) is 36.5 Å². The molecule has 0 spiro atoms. The minimum absolute atomic E-state index is 0.0863. The largest absolute Gasteiger partial charge is 0.497 e. The van der Waals surface area contributed by atoms with Gasteiger partial charge in [0, 0.05) is 5.56 Å². The van der Waals surface area contributed by atoms with Crippen molar-refractivity contribution in [2.75, 3.05) is 20.8 Å². The van der Waals surface area contributed by atoms with Gasteiger partial charge in [-0.1, -0.05) is 36.4 Å². The second-order valence-corrected chi connectivity index (χ2v) is 8.38. The predicted molar refractivity (Wildman–Crippen MR) is 141 cm³/mol. The number of esters is 1. The lowest BCUT2D eigenvalue weighted by atomic mass is 10.1. The summed E-state index contributed by atoms with van der Waals surface area (Å²) in [5.41, 5.74) is 0.592. The van der Waals surface area contributed by atoms with E-state index >= 15 is 0 Å². The van der Waals surface area contributed by atoms with Crippen LogP contribution in [-0.4, -0.2) is 32.9 Å². The summed E-state index contributed by atoms with van der Waals surface area (Å²) < 4.78 is 66.1. The fourth-order valence-electron chi connectivity index (χ4n) is 3.65. The lowest BCUT2D eigenvalue weighted by Crippen LogP contribution is -2.29. The summed E-state index contributed by atoms with van der Waals surface area (Å²) in [5, 5.41) is 0. The van der Waals surface area contributed by atoms with Gasteiger partial charge < -0.3 is 23.7 Å². The molecule has 0 saturated carbocycles. The van der Waals surface area contributed by atoms with Crippen LogP contribution in [0.15, 0.2) is 72.8 Å². The van der Waals surface area contributed by atoms with Gasteiger partial charge in [0.25, 0.3) is 0 Å². The van der Waals surface area contributed by atoms with Crippen LogP contribution < -0.4 is 18.9 Å². The number of hydrogen-bond acceptors (Lipinski definition) is 6. The smallest absolute Gasteiger partial charge is 0.416 e.